The fourth-order valence-electron chi connectivity index (χ4n) is 4.85. The van der Waals surface area contributed by atoms with Gasteiger partial charge in [0.1, 0.15) is 0 Å². The van der Waals surface area contributed by atoms with Crippen LogP contribution in [0.15, 0.2) is 54.6 Å². The van der Waals surface area contributed by atoms with Gasteiger partial charge in [-0.3, -0.25) is 9.69 Å². The number of carbonyl (C=O) groups is 1. The van der Waals surface area contributed by atoms with Gasteiger partial charge < -0.3 is 4.90 Å². The van der Waals surface area contributed by atoms with E-state index in [2.05, 4.69) is 71.3 Å². The molecule has 2 saturated heterocycles. The van der Waals surface area contributed by atoms with Crippen molar-refractivity contribution in [1.82, 2.24) is 9.80 Å². The zero-order valence-corrected chi connectivity index (χ0v) is 17.7. The molecule has 0 bridgehead atoms. The zero-order chi connectivity index (χ0) is 20.1. The van der Waals surface area contributed by atoms with Crippen LogP contribution in [0.4, 0.5) is 0 Å². The summed E-state index contributed by atoms with van der Waals surface area (Å²) < 4.78 is 0. The van der Waals surface area contributed by atoms with Gasteiger partial charge in [0, 0.05) is 25.6 Å². The van der Waals surface area contributed by atoms with Gasteiger partial charge in [0.25, 0.3) is 0 Å². The Labute approximate surface area is 175 Å². The number of hydrogen-bond acceptors (Lipinski definition) is 2. The summed E-state index contributed by atoms with van der Waals surface area (Å²) in [4.78, 5) is 17.7. The van der Waals surface area contributed by atoms with Gasteiger partial charge in [-0.2, -0.15) is 0 Å². The highest BCUT2D eigenvalue weighted by molar-refractivity contribution is 5.79. The number of hydrogen-bond donors (Lipinski definition) is 0. The number of benzene rings is 2. The molecule has 4 rings (SSSR count). The fourth-order valence-corrected chi connectivity index (χ4v) is 4.85. The third-order valence-corrected chi connectivity index (χ3v) is 6.76. The molecule has 0 saturated carbocycles. The maximum Gasteiger partial charge on any atom is 0.225 e. The molecule has 2 fully saturated rings. The van der Waals surface area contributed by atoms with Crippen LogP contribution in [-0.4, -0.2) is 41.9 Å². The van der Waals surface area contributed by atoms with Crippen molar-refractivity contribution < 1.29 is 4.79 Å². The molecule has 0 atom stereocenters. The van der Waals surface area contributed by atoms with Gasteiger partial charge in [0.05, 0.1) is 0 Å². The Morgan fingerprint density at radius 2 is 1.48 bits per heavy atom. The lowest BCUT2D eigenvalue weighted by Gasteiger charge is -2.37. The Hall–Kier alpha value is -2.13. The van der Waals surface area contributed by atoms with E-state index in [0.717, 1.165) is 70.7 Å². The van der Waals surface area contributed by atoms with Gasteiger partial charge in [0.2, 0.25) is 5.91 Å². The second-order valence-corrected chi connectivity index (χ2v) is 8.99. The number of piperidine rings is 2. The first-order valence-electron chi connectivity index (χ1n) is 11.3. The van der Waals surface area contributed by atoms with Crippen molar-refractivity contribution in [3.8, 4) is 0 Å². The van der Waals surface area contributed by atoms with E-state index in [1.807, 2.05) is 0 Å². The Morgan fingerprint density at radius 3 is 2.14 bits per heavy atom. The first kappa shape index (κ1) is 20.2. The fraction of sp³-hybridized carbons (Fsp3) is 0.500. The van der Waals surface area contributed by atoms with Crippen LogP contribution in [-0.2, 0) is 17.8 Å². The molecule has 0 radical (unpaired) electrons. The van der Waals surface area contributed by atoms with E-state index in [1.165, 1.54) is 16.7 Å². The van der Waals surface area contributed by atoms with Gasteiger partial charge in [-0.25, -0.2) is 0 Å². The quantitative estimate of drug-likeness (QED) is 0.739. The monoisotopic (exact) mass is 390 g/mol. The van der Waals surface area contributed by atoms with Crippen LogP contribution in [0.1, 0.15) is 42.4 Å². The Bertz CT molecular complexity index is 770. The molecular formula is C26H34N2O. The minimum atomic E-state index is 0.231. The predicted octanol–water partition coefficient (Wildman–Crippen LogP) is 4.69. The van der Waals surface area contributed by atoms with Crippen LogP contribution in [0.5, 0.6) is 0 Å². The third-order valence-electron chi connectivity index (χ3n) is 6.76. The lowest BCUT2D eigenvalue weighted by Crippen LogP contribution is -2.45. The SMILES string of the molecule is Cc1ccc(CN2CCC(C(=O)N3CCC(Cc4ccccc4)CC3)CC2)cc1. The first-order chi connectivity index (χ1) is 14.2. The molecule has 0 aromatic heterocycles. The molecular weight excluding hydrogens is 356 g/mol. The van der Waals surface area contributed by atoms with E-state index in [9.17, 15) is 4.79 Å². The molecule has 0 unspecified atom stereocenters. The Morgan fingerprint density at radius 1 is 0.828 bits per heavy atom. The van der Waals surface area contributed by atoms with Crippen molar-refractivity contribution in [3.05, 3.63) is 71.3 Å². The molecule has 0 aliphatic carbocycles. The molecule has 2 aliphatic heterocycles. The smallest absolute Gasteiger partial charge is 0.225 e. The number of carbonyl (C=O) groups excluding carboxylic acids is 1. The van der Waals surface area contributed by atoms with Crippen molar-refractivity contribution in [2.24, 2.45) is 11.8 Å². The summed E-state index contributed by atoms with van der Waals surface area (Å²) in [5.74, 6) is 1.37. The third kappa shape index (κ3) is 5.48. The summed E-state index contributed by atoms with van der Waals surface area (Å²) >= 11 is 0. The van der Waals surface area contributed by atoms with Crippen LogP contribution in [0.25, 0.3) is 0 Å². The van der Waals surface area contributed by atoms with Crippen molar-refractivity contribution in [3.63, 3.8) is 0 Å². The summed E-state index contributed by atoms with van der Waals surface area (Å²) in [7, 11) is 0. The standard InChI is InChI=1S/C26H34N2O/c1-21-7-9-24(10-8-21)20-27-15-13-25(14-16-27)26(29)28-17-11-23(12-18-28)19-22-5-3-2-4-6-22/h2-10,23,25H,11-20H2,1H3. The number of aryl methyl sites for hydroxylation is 1. The Kier molecular flexibility index (Phi) is 6.66. The van der Waals surface area contributed by atoms with Crippen LogP contribution in [0.3, 0.4) is 0 Å². The highest BCUT2D eigenvalue weighted by atomic mass is 16.2. The number of likely N-dealkylation sites (tertiary alicyclic amines) is 2. The summed E-state index contributed by atoms with van der Waals surface area (Å²) in [6.07, 6.45) is 5.46. The normalized spacial score (nSPS) is 19.4. The maximum atomic E-state index is 13.0. The second-order valence-electron chi connectivity index (χ2n) is 8.99. The van der Waals surface area contributed by atoms with Crippen LogP contribution in [0.2, 0.25) is 0 Å². The van der Waals surface area contributed by atoms with Gasteiger partial charge in [0.15, 0.2) is 0 Å². The first-order valence-corrected chi connectivity index (χ1v) is 11.3. The van der Waals surface area contributed by atoms with Crippen LogP contribution in [0, 0.1) is 18.8 Å². The van der Waals surface area contributed by atoms with Gasteiger partial charge >= 0.3 is 0 Å². The van der Waals surface area contributed by atoms with Crippen molar-refractivity contribution in [1.29, 1.82) is 0 Å². The van der Waals surface area contributed by atoms with Gasteiger partial charge in [-0.15, -0.1) is 0 Å². The minimum absolute atomic E-state index is 0.231. The predicted molar refractivity (Wildman–Crippen MR) is 119 cm³/mol. The highest BCUT2D eigenvalue weighted by Gasteiger charge is 2.30. The summed E-state index contributed by atoms with van der Waals surface area (Å²) in [5, 5.41) is 0. The zero-order valence-electron chi connectivity index (χ0n) is 17.7. The number of amides is 1. The molecule has 2 heterocycles. The second kappa shape index (κ2) is 9.58. The molecule has 2 aromatic carbocycles. The van der Waals surface area contributed by atoms with E-state index in [-0.39, 0.29) is 5.92 Å². The van der Waals surface area contributed by atoms with Crippen molar-refractivity contribution >= 4 is 5.91 Å². The van der Waals surface area contributed by atoms with Crippen LogP contribution >= 0.6 is 0 Å². The largest absolute Gasteiger partial charge is 0.342 e. The molecule has 0 N–H and O–H groups in total. The van der Waals surface area contributed by atoms with E-state index >= 15 is 0 Å². The van der Waals surface area contributed by atoms with E-state index in [1.54, 1.807) is 0 Å². The molecule has 1 amide bonds. The lowest BCUT2D eigenvalue weighted by atomic mass is 9.88. The summed E-state index contributed by atoms with van der Waals surface area (Å²) in [6.45, 7) is 7.10. The molecule has 3 nitrogen and oxygen atoms in total. The molecule has 3 heteroatoms. The van der Waals surface area contributed by atoms with E-state index in [0.29, 0.717) is 5.91 Å². The van der Waals surface area contributed by atoms with Crippen molar-refractivity contribution in [2.45, 2.75) is 45.6 Å². The molecule has 2 aliphatic rings. The summed E-state index contributed by atoms with van der Waals surface area (Å²) in [6, 6.07) is 19.6. The van der Waals surface area contributed by atoms with Crippen molar-refractivity contribution in [2.75, 3.05) is 26.2 Å². The minimum Gasteiger partial charge on any atom is -0.342 e. The molecule has 2 aromatic rings. The summed E-state index contributed by atoms with van der Waals surface area (Å²) in [5.41, 5.74) is 4.12. The van der Waals surface area contributed by atoms with E-state index in [4.69, 9.17) is 0 Å². The van der Waals surface area contributed by atoms with Gasteiger partial charge in [-0.1, -0.05) is 60.2 Å². The average Bonchev–Trinajstić information content (AvgIpc) is 2.77. The number of nitrogens with zero attached hydrogens (tertiary/aromatic N) is 2. The molecule has 154 valence electrons. The number of rotatable bonds is 5. The molecule has 29 heavy (non-hydrogen) atoms. The molecule has 0 spiro atoms. The van der Waals surface area contributed by atoms with Gasteiger partial charge in [-0.05, 0) is 69.2 Å². The van der Waals surface area contributed by atoms with E-state index < -0.39 is 0 Å². The topological polar surface area (TPSA) is 23.6 Å². The highest BCUT2D eigenvalue weighted by Crippen LogP contribution is 2.26. The maximum absolute atomic E-state index is 13.0. The Balaban J connectivity index is 1.20. The average molecular weight is 391 g/mol. The lowest BCUT2D eigenvalue weighted by molar-refractivity contribution is -0.138. The van der Waals surface area contributed by atoms with Crippen LogP contribution < -0.4 is 0 Å².